The van der Waals surface area contributed by atoms with Crippen LogP contribution in [0.1, 0.15) is 51.4 Å². The van der Waals surface area contributed by atoms with E-state index in [0.29, 0.717) is 18.5 Å². The fraction of sp³-hybridized carbons (Fsp3) is 0.824. The van der Waals surface area contributed by atoms with Crippen molar-refractivity contribution in [3.8, 4) is 12.3 Å². The molecule has 0 aromatic heterocycles. The Kier molecular flexibility index (Phi) is 4.31. The van der Waals surface area contributed by atoms with Crippen LogP contribution in [0.25, 0.3) is 0 Å². The number of terminal acetylenes is 1. The van der Waals surface area contributed by atoms with Gasteiger partial charge in [0.2, 0.25) is 5.91 Å². The SMILES string of the molecule is C#CCN(CC1CC1)C(=O)C1CCC2CCCCC2N1. The van der Waals surface area contributed by atoms with E-state index < -0.39 is 0 Å². The zero-order valence-electron chi connectivity index (χ0n) is 12.3. The van der Waals surface area contributed by atoms with Gasteiger partial charge in [-0.15, -0.1) is 6.42 Å². The third kappa shape index (κ3) is 3.17. The van der Waals surface area contributed by atoms with Crippen molar-refractivity contribution >= 4 is 5.91 Å². The monoisotopic (exact) mass is 274 g/mol. The topological polar surface area (TPSA) is 32.3 Å². The summed E-state index contributed by atoms with van der Waals surface area (Å²) in [6.45, 7) is 1.34. The van der Waals surface area contributed by atoms with Crippen LogP contribution >= 0.6 is 0 Å². The van der Waals surface area contributed by atoms with E-state index in [2.05, 4.69) is 11.2 Å². The molecule has 1 saturated heterocycles. The highest BCUT2D eigenvalue weighted by Gasteiger charge is 2.37. The highest BCUT2D eigenvalue weighted by molar-refractivity contribution is 5.82. The van der Waals surface area contributed by atoms with Crippen LogP contribution in [0.15, 0.2) is 0 Å². The lowest BCUT2D eigenvalue weighted by Gasteiger charge is -2.41. The second-order valence-corrected chi connectivity index (χ2v) is 6.81. The number of amides is 1. The molecule has 3 nitrogen and oxygen atoms in total. The number of rotatable bonds is 4. The maximum atomic E-state index is 12.7. The number of piperidine rings is 1. The van der Waals surface area contributed by atoms with Crippen LogP contribution in [-0.2, 0) is 4.79 Å². The normalized spacial score (nSPS) is 33.0. The van der Waals surface area contributed by atoms with E-state index in [1.165, 1.54) is 44.9 Å². The van der Waals surface area contributed by atoms with E-state index in [-0.39, 0.29) is 11.9 Å². The van der Waals surface area contributed by atoms with Crippen LogP contribution in [0.3, 0.4) is 0 Å². The van der Waals surface area contributed by atoms with Crippen LogP contribution in [0.5, 0.6) is 0 Å². The van der Waals surface area contributed by atoms with Crippen LogP contribution in [0.2, 0.25) is 0 Å². The van der Waals surface area contributed by atoms with Gasteiger partial charge in [-0.2, -0.15) is 0 Å². The fourth-order valence-electron chi connectivity index (χ4n) is 3.86. The second-order valence-electron chi connectivity index (χ2n) is 6.81. The molecule has 3 unspecified atom stereocenters. The van der Waals surface area contributed by atoms with Gasteiger partial charge in [0.1, 0.15) is 0 Å². The number of fused-ring (bicyclic) bond motifs is 1. The van der Waals surface area contributed by atoms with Gasteiger partial charge in [-0.1, -0.05) is 18.8 Å². The summed E-state index contributed by atoms with van der Waals surface area (Å²) in [5.41, 5.74) is 0. The first-order valence-electron chi connectivity index (χ1n) is 8.26. The summed E-state index contributed by atoms with van der Waals surface area (Å²) in [5.74, 6) is 4.41. The molecule has 3 rings (SSSR count). The van der Waals surface area contributed by atoms with E-state index in [0.717, 1.165) is 18.9 Å². The molecule has 3 heteroatoms. The Bertz CT molecular complexity index is 396. The number of hydrogen-bond donors (Lipinski definition) is 1. The Morgan fingerprint density at radius 1 is 1.15 bits per heavy atom. The van der Waals surface area contributed by atoms with Crippen LogP contribution in [0.4, 0.5) is 0 Å². The number of nitrogens with zero attached hydrogens (tertiary/aromatic N) is 1. The predicted octanol–water partition coefficient (Wildman–Crippen LogP) is 2.17. The maximum Gasteiger partial charge on any atom is 0.240 e. The Labute approximate surface area is 122 Å². The van der Waals surface area contributed by atoms with E-state index in [4.69, 9.17) is 6.42 Å². The highest BCUT2D eigenvalue weighted by Crippen LogP contribution is 2.33. The standard InChI is InChI=1S/C17H26N2O/c1-2-11-19(12-13-7-8-13)17(20)16-10-9-14-5-3-4-6-15(14)18-16/h1,13-16,18H,3-12H2. The Morgan fingerprint density at radius 2 is 1.95 bits per heavy atom. The fourth-order valence-corrected chi connectivity index (χ4v) is 3.86. The molecular formula is C17H26N2O. The molecule has 3 atom stereocenters. The third-order valence-electron chi connectivity index (χ3n) is 5.22. The number of hydrogen-bond acceptors (Lipinski definition) is 2. The van der Waals surface area contributed by atoms with Gasteiger partial charge in [-0.25, -0.2) is 0 Å². The van der Waals surface area contributed by atoms with Crippen molar-refractivity contribution in [2.24, 2.45) is 11.8 Å². The van der Waals surface area contributed by atoms with Crippen molar-refractivity contribution in [2.75, 3.05) is 13.1 Å². The lowest BCUT2D eigenvalue weighted by Crippen LogP contribution is -2.56. The van der Waals surface area contributed by atoms with Gasteiger partial charge in [0, 0.05) is 12.6 Å². The molecule has 20 heavy (non-hydrogen) atoms. The summed E-state index contributed by atoms with van der Waals surface area (Å²) in [7, 11) is 0. The number of carbonyl (C=O) groups is 1. The summed E-state index contributed by atoms with van der Waals surface area (Å²) >= 11 is 0. The second kappa shape index (κ2) is 6.18. The molecule has 1 heterocycles. The molecule has 0 radical (unpaired) electrons. The van der Waals surface area contributed by atoms with Gasteiger partial charge in [0.05, 0.1) is 12.6 Å². The Morgan fingerprint density at radius 3 is 2.70 bits per heavy atom. The largest absolute Gasteiger partial charge is 0.330 e. The zero-order valence-corrected chi connectivity index (χ0v) is 12.3. The molecule has 1 aliphatic heterocycles. The predicted molar refractivity (Wildman–Crippen MR) is 80.0 cm³/mol. The molecule has 3 fully saturated rings. The summed E-state index contributed by atoms with van der Waals surface area (Å²) in [6.07, 6.45) is 15.4. The first kappa shape index (κ1) is 13.9. The molecule has 2 saturated carbocycles. The highest BCUT2D eigenvalue weighted by atomic mass is 16.2. The van der Waals surface area contributed by atoms with Crippen LogP contribution < -0.4 is 5.32 Å². The van der Waals surface area contributed by atoms with Crippen molar-refractivity contribution in [1.29, 1.82) is 0 Å². The average molecular weight is 274 g/mol. The molecule has 0 aromatic rings. The lowest BCUT2D eigenvalue weighted by molar-refractivity contribution is -0.134. The number of carbonyl (C=O) groups excluding carboxylic acids is 1. The van der Waals surface area contributed by atoms with E-state index in [1.54, 1.807) is 0 Å². The first-order valence-corrected chi connectivity index (χ1v) is 8.26. The van der Waals surface area contributed by atoms with Crippen molar-refractivity contribution < 1.29 is 4.79 Å². The summed E-state index contributed by atoms with van der Waals surface area (Å²) in [5, 5.41) is 3.63. The lowest BCUT2D eigenvalue weighted by atomic mass is 9.77. The van der Waals surface area contributed by atoms with E-state index in [9.17, 15) is 4.79 Å². The molecule has 2 aliphatic carbocycles. The average Bonchev–Trinajstić information content (AvgIpc) is 3.29. The molecule has 0 bridgehead atoms. The molecule has 110 valence electrons. The van der Waals surface area contributed by atoms with Crippen molar-refractivity contribution in [3.05, 3.63) is 0 Å². The molecule has 3 aliphatic rings. The summed E-state index contributed by atoms with van der Waals surface area (Å²) in [6, 6.07) is 0.585. The van der Waals surface area contributed by atoms with Crippen LogP contribution in [0, 0.1) is 24.2 Å². The van der Waals surface area contributed by atoms with Crippen molar-refractivity contribution in [3.63, 3.8) is 0 Å². The van der Waals surface area contributed by atoms with E-state index >= 15 is 0 Å². The first-order chi connectivity index (χ1) is 9.78. The molecular weight excluding hydrogens is 248 g/mol. The van der Waals surface area contributed by atoms with Crippen molar-refractivity contribution in [1.82, 2.24) is 10.2 Å². The van der Waals surface area contributed by atoms with Gasteiger partial charge in [0.25, 0.3) is 0 Å². The van der Waals surface area contributed by atoms with Gasteiger partial charge < -0.3 is 10.2 Å². The van der Waals surface area contributed by atoms with E-state index in [1.807, 2.05) is 4.90 Å². The van der Waals surface area contributed by atoms with Gasteiger partial charge in [-0.3, -0.25) is 4.79 Å². The minimum absolute atomic E-state index is 0.0152. The summed E-state index contributed by atoms with van der Waals surface area (Å²) < 4.78 is 0. The van der Waals surface area contributed by atoms with Gasteiger partial charge in [-0.05, 0) is 50.4 Å². The number of nitrogens with one attached hydrogen (secondary N) is 1. The third-order valence-corrected chi connectivity index (χ3v) is 5.22. The molecule has 1 amide bonds. The molecule has 1 N–H and O–H groups in total. The minimum Gasteiger partial charge on any atom is -0.330 e. The smallest absolute Gasteiger partial charge is 0.240 e. The quantitative estimate of drug-likeness (QED) is 0.797. The zero-order chi connectivity index (χ0) is 13.9. The minimum atomic E-state index is 0.0152. The van der Waals surface area contributed by atoms with Gasteiger partial charge in [0.15, 0.2) is 0 Å². The van der Waals surface area contributed by atoms with Gasteiger partial charge >= 0.3 is 0 Å². The maximum absolute atomic E-state index is 12.7. The molecule has 0 spiro atoms. The molecule has 0 aromatic carbocycles. The Hall–Kier alpha value is -1.01. The summed E-state index contributed by atoms with van der Waals surface area (Å²) in [4.78, 5) is 14.6. The Balaban J connectivity index is 1.58. The van der Waals surface area contributed by atoms with Crippen LogP contribution in [-0.4, -0.2) is 36.0 Å². The van der Waals surface area contributed by atoms with Crippen molar-refractivity contribution in [2.45, 2.75) is 63.5 Å².